The first-order chi connectivity index (χ1) is 13.9. The third-order valence-corrected chi connectivity index (χ3v) is 5.45. The molecule has 0 fully saturated rings. The van der Waals surface area contributed by atoms with Gasteiger partial charge in [-0.3, -0.25) is 9.79 Å². The molecule has 1 unspecified atom stereocenters. The van der Waals surface area contributed by atoms with Crippen molar-refractivity contribution in [3.8, 4) is 11.8 Å². The molecule has 0 radical (unpaired) electrons. The third kappa shape index (κ3) is 3.30. The molecule has 2 heteroatoms. The summed E-state index contributed by atoms with van der Waals surface area (Å²) in [5, 5.41) is 0. The number of hydrogen-bond acceptors (Lipinski definition) is 2. The summed E-state index contributed by atoms with van der Waals surface area (Å²) >= 11 is 0. The normalized spacial score (nSPS) is 20.0. The van der Waals surface area contributed by atoms with Crippen molar-refractivity contribution in [1.82, 2.24) is 0 Å². The first-order valence-corrected chi connectivity index (χ1v) is 9.79. The van der Waals surface area contributed by atoms with Gasteiger partial charge in [-0.25, -0.2) is 0 Å². The average Bonchev–Trinajstić information content (AvgIpc) is 2.96. The van der Waals surface area contributed by atoms with Crippen LogP contribution in [0.25, 0.3) is 0 Å². The van der Waals surface area contributed by atoms with Crippen molar-refractivity contribution in [1.29, 1.82) is 0 Å². The Kier molecular flexibility index (Phi) is 4.68. The standard InChI is InChI=1S/C27H23NO/c1-20-14-16-23(17-15-20)27(19-18-21-10-6-4-7-11-21)25(29)26(2,3)24(28-27)22-12-8-5-9-13-22/h4-17H,1-3H3. The molecule has 1 aliphatic rings. The molecular formula is C27H23NO. The van der Waals surface area contributed by atoms with E-state index < -0.39 is 11.0 Å². The number of rotatable bonds is 2. The van der Waals surface area contributed by atoms with Gasteiger partial charge in [-0.2, -0.15) is 0 Å². The minimum Gasteiger partial charge on any atom is -0.294 e. The van der Waals surface area contributed by atoms with Crippen molar-refractivity contribution in [3.63, 3.8) is 0 Å². The van der Waals surface area contributed by atoms with Crippen LogP contribution >= 0.6 is 0 Å². The van der Waals surface area contributed by atoms with Crippen LogP contribution in [-0.2, 0) is 10.3 Å². The number of carbonyl (C=O) groups is 1. The molecule has 0 saturated heterocycles. The van der Waals surface area contributed by atoms with Gasteiger partial charge >= 0.3 is 0 Å². The summed E-state index contributed by atoms with van der Waals surface area (Å²) in [5.41, 5.74) is 2.61. The highest BCUT2D eigenvalue weighted by Gasteiger charge is 2.54. The SMILES string of the molecule is Cc1ccc(C2(C#Cc3ccccc3)N=C(c3ccccc3)C(C)(C)C2=O)cc1. The lowest BCUT2D eigenvalue weighted by Gasteiger charge is -2.24. The molecule has 0 N–H and O–H groups in total. The molecule has 29 heavy (non-hydrogen) atoms. The number of ketones is 1. The van der Waals surface area contributed by atoms with Crippen LogP contribution in [0, 0.1) is 24.2 Å². The maximum Gasteiger partial charge on any atom is 0.205 e. The van der Waals surface area contributed by atoms with Crippen LogP contribution in [0.15, 0.2) is 89.9 Å². The van der Waals surface area contributed by atoms with Gasteiger partial charge in [-0.15, -0.1) is 0 Å². The van der Waals surface area contributed by atoms with Gasteiger partial charge in [0.05, 0.1) is 11.1 Å². The molecule has 0 bridgehead atoms. The Morgan fingerprint density at radius 3 is 2.00 bits per heavy atom. The van der Waals surface area contributed by atoms with Gasteiger partial charge in [0.2, 0.25) is 5.54 Å². The Balaban J connectivity index is 1.95. The number of nitrogens with zero attached hydrogens (tertiary/aromatic N) is 1. The topological polar surface area (TPSA) is 29.4 Å². The highest BCUT2D eigenvalue weighted by molar-refractivity contribution is 6.24. The summed E-state index contributed by atoms with van der Waals surface area (Å²) in [6.07, 6.45) is 0. The summed E-state index contributed by atoms with van der Waals surface area (Å²) in [7, 11) is 0. The predicted molar refractivity (Wildman–Crippen MR) is 118 cm³/mol. The molecule has 1 aliphatic heterocycles. The van der Waals surface area contributed by atoms with Gasteiger partial charge in [-0.05, 0) is 44.0 Å². The fourth-order valence-corrected chi connectivity index (χ4v) is 3.77. The largest absolute Gasteiger partial charge is 0.294 e. The van der Waals surface area contributed by atoms with E-state index in [1.54, 1.807) is 0 Å². The Labute approximate surface area is 172 Å². The van der Waals surface area contributed by atoms with Gasteiger partial charge in [0.25, 0.3) is 0 Å². The molecule has 0 amide bonds. The van der Waals surface area contributed by atoms with E-state index in [4.69, 9.17) is 4.99 Å². The van der Waals surface area contributed by atoms with Crippen LogP contribution in [-0.4, -0.2) is 11.5 Å². The van der Waals surface area contributed by atoms with E-state index >= 15 is 0 Å². The quantitative estimate of drug-likeness (QED) is 0.554. The van der Waals surface area contributed by atoms with Crippen molar-refractivity contribution >= 4 is 11.5 Å². The van der Waals surface area contributed by atoms with Gasteiger partial charge in [0, 0.05) is 5.56 Å². The number of Topliss-reactive ketones (excluding diaryl/α,β-unsaturated/α-hetero) is 1. The van der Waals surface area contributed by atoms with Crippen LogP contribution in [0.5, 0.6) is 0 Å². The lowest BCUT2D eigenvalue weighted by atomic mass is 9.74. The van der Waals surface area contributed by atoms with Gasteiger partial charge in [-0.1, -0.05) is 90.2 Å². The number of carbonyl (C=O) groups excluding carboxylic acids is 1. The lowest BCUT2D eigenvalue weighted by molar-refractivity contribution is -0.126. The third-order valence-electron chi connectivity index (χ3n) is 5.45. The Morgan fingerprint density at radius 2 is 1.38 bits per heavy atom. The minimum absolute atomic E-state index is 0.0103. The van der Waals surface area contributed by atoms with Crippen molar-refractivity contribution < 1.29 is 4.79 Å². The Morgan fingerprint density at radius 1 is 0.793 bits per heavy atom. The van der Waals surface area contributed by atoms with Crippen molar-refractivity contribution in [2.75, 3.05) is 0 Å². The zero-order chi connectivity index (χ0) is 20.5. The predicted octanol–water partition coefficient (Wildman–Crippen LogP) is 5.34. The molecule has 0 spiro atoms. The molecule has 1 heterocycles. The Bertz CT molecular complexity index is 1130. The van der Waals surface area contributed by atoms with E-state index in [1.807, 2.05) is 106 Å². The molecular weight excluding hydrogens is 354 g/mol. The monoisotopic (exact) mass is 377 g/mol. The zero-order valence-corrected chi connectivity index (χ0v) is 16.9. The highest BCUT2D eigenvalue weighted by atomic mass is 16.1. The van der Waals surface area contributed by atoms with E-state index in [2.05, 4.69) is 11.8 Å². The zero-order valence-electron chi connectivity index (χ0n) is 16.9. The van der Waals surface area contributed by atoms with E-state index in [9.17, 15) is 4.79 Å². The van der Waals surface area contributed by atoms with Gasteiger partial charge in [0.15, 0.2) is 5.78 Å². The fourth-order valence-electron chi connectivity index (χ4n) is 3.77. The second-order valence-corrected chi connectivity index (χ2v) is 7.97. The molecule has 0 aromatic heterocycles. The molecule has 3 aromatic carbocycles. The smallest absolute Gasteiger partial charge is 0.205 e. The van der Waals surface area contributed by atoms with Crippen molar-refractivity contribution in [2.24, 2.45) is 10.4 Å². The number of aryl methyl sites for hydroxylation is 1. The molecule has 4 rings (SSSR count). The summed E-state index contributed by atoms with van der Waals surface area (Å²) in [6, 6.07) is 27.6. The first kappa shape index (κ1) is 18.9. The van der Waals surface area contributed by atoms with Crippen LogP contribution in [0.1, 0.15) is 36.1 Å². The van der Waals surface area contributed by atoms with Crippen LogP contribution in [0.3, 0.4) is 0 Å². The summed E-state index contributed by atoms with van der Waals surface area (Å²) in [5.74, 6) is 6.48. The van der Waals surface area contributed by atoms with Crippen LogP contribution in [0.4, 0.5) is 0 Å². The van der Waals surface area contributed by atoms with Crippen molar-refractivity contribution in [2.45, 2.75) is 26.3 Å². The first-order valence-electron chi connectivity index (χ1n) is 9.79. The number of benzene rings is 3. The number of aliphatic imine (C=N–C) groups is 1. The van der Waals surface area contributed by atoms with Crippen LogP contribution < -0.4 is 0 Å². The second-order valence-electron chi connectivity index (χ2n) is 7.97. The van der Waals surface area contributed by atoms with E-state index in [-0.39, 0.29) is 5.78 Å². The second kappa shape index (κ2) is 7.18. The number of hydrogen-bond donors (Lipinski definition) is 0. The van der Waals surface area contributed by atoms with E-state index in [0.717, 1.165) is 28.0 Å². The van der Waals surface area contributed by atoms with Crippen molar-refractivity contribution in [3.05, 3.63) is 107 Å². The highest BCUT2D eigenvalue weighted by Crippen LogP contribution is 2.44. The summed E-state index contributed by atoms with van der Waals surface area (Å²) < 4.78 is 0. The fraction of sp³-hybridized carbons (Fsp3) is 0.185. The molecule has 1 atom stereocenters. The molecule has 3 aromatic rings. The van der Waals surface area contributed by atoms with Crippen LogP contribution in [0.2, 0.25) is 0 Å². The lowest BCUT2D eigenvalue weighted by Crippen LogP contribution is -2.38. The molecule has 142 valence electrons. The molecule has 0 aliphatic carbocycles. The maximum atomic E-state index is 13.8. The minimum atomic E-state index is -1.21. The van der Waals surface area contributed by atoms with E-state index in [1.165, 1.54) is 0 Å². The van der Waals surface area contributed by atoms with Gasteiger partial charge < -0.3 is 0 Å². The molecule has 0 saturated carbocycles. The van der Waals surface area contributed by atoms with Gasteiger partial charge in [0.1, 0.15) is 0 Å². The summed E-state index contributed by atoms with van der Waals surface area (Å²) in [6.45, 7) is 5.92. The summed E-state index contributed by atoms with van der Waals surface area (Å²) in [4.78, 5) is 18.9. The average molecular weight is 377 g/mol. The van der Waals surface area contributed by atoms with E-state index in [0.29, 0.717) is 0 Å². The molecule has 2 nitrogen and oxygen atoms in total. The maximum absolute atomic E-state index is 13.8. The Hall–Kier alpha value is -3.44.